The maximum absolute atomic E-state index is 12.7. The number of para-hydroxylation sites is 1. The summed E-state index contributed by atoms with van der Waals surface area (Å²) < 4.78 is 1.64. The Morgan fingerprint density at radius 3 is 2.59 bits per heavy atom. The third-order valence-corrected chi connectivity index (χ3v) is 5.97. The van der Waals surface area contributed by atoms with Crippen LogP contribution < -0.4 is 5.32 Å². The van der Waals surface area contributed by atoms with Crippen LogP contribution >= 0.6 is 22.9 Å². The van der Waals surface area contributed by atoms with Crippen LogP contribution in [0.15, 0.2) is 54.6 Å². The van der Waals surface area contributed by atoms with E-state index in [0.29, 0.717) is 17.2 Å². The molecular weight excluding hydrogens is 406 g/mol. The van der Waals surface area contributed by atoms with E-state index in [0.717, 1.165) is 26.8 Å². The van der Waals surface area contributed by atoms with Gasteiger partial charge in [0.25, 0.3) is 5.91 Å². The maximum Gasteiger partial charge on any atom is 0.279 e. The lowest BCUT2D eigenvalue weighted by atomic mass is 10.1. The number of aryl methyl sites for hydroxylation is 1. The fraction of sp³-hybridized carbons (Fsp3) is 0.143. The second kappa shape index (κ2) is 8.14. The summed E-state index contributed by atoms with van der Waals surface area (Å²) in [6.45, 7) is 3.74. The SMILES string of the molecule is Cc1nc(NC(=O)c2nnn(-c3ccccc3)c2C)sc1Cc1ccccc1Cl. The summed E-state index contributed by atoms with van der Waals surface area (Å²) in [5.41, 5.74) is 3.69. The van der Waals surface area contributed by atoms with E-state index in [1.165, 1.54) is 11.3 Å². The molecule has 0 aliphatic carbocycles. The number of nitrogens with zero attached hydrogens (tertiary/aromatic N) is 4. The van der Waals surface area contributed by atoms with Gasteiger partial charge in [0.2, 0.25) is 0 Å². The van der Waals surface area contributed by atoms with E-state index in [-0.39, 0.29) is 11.6 Å². The molecule has 0 radical (unpaired) electrons. The summed E-state index contributed by atoms with van der Waals surface area (Å²) >= 11 is 7.70. The van der Waals surface area contributed by atoms with E-state index in [1.807, 2.05) is 68.4 Å². The summed E-state index contributed by atoms with van der Waals surface area (Å²) in [4.78, 5) is 18.3. The van der Waals surface area contributed by atoms with Gasteiger partial charge in [-0.3, -0.25) is 10.1 Å². The molecule has 146 valence electrons. The van der Waals surface area contributed by atoms with Gasteiger partial charge in [0.05, 0.1) is 17.1 Å². The molecule has 2 heterocycles. The molecule has 2 aromatic carbocycles. The van der Waals surface area contributed by atoms with Gasteiger partial charge in [-0.15, -0.1) is 16.4 Å². The van der Waals surface area contributed by atoms with Crippen molar-refractivity contribution in [3.05, 3.63) is 87.1 Å². The Labute approximate surface area is 177 Å². The largest absolute Gasteiger partial charge is 0.296 e. The first kappa shape index (κ1) is 19.3. The van der Waals surface area contributed by atoms with Crippen molar-refractivity contribution in [3.63, 3.8) is 0 Å². The lowest BCUT2D eigenvalue weighted by Crippen LogP contribution is -2.14. The van der Waals surface area contributed by atoms with Crippen molar-refractivity contribution in [2.24, 2.45) is 0 Å². The molecule has 1 N–H and O–H groups in total. The van der Waals surface area contributed by atoms with Gasteiger partial charge in [0.15, 0.2) is 10.8 Å². The van der Waals surface area contributed by atoms with Gasteiger partial charge in [-0.1, -0.05) is 53.2 Å². The number of thiazole rings is 1. The van der Waals surface area contributed by atoms with Crippen molar-refractivity contribution in [2.45, 2.75) is 20.3 Å². The Bertz CT molecular complexity index is 1170. The maximum atomic E-state index is 12.7. The lowest BCUT2D eigenvalue weighted by molar-refractivity contribution is 0.102. The number of nitrogens with one attached hydrogen (secondary N) is 1. The highest BCUT2D eigenvalue weighted by atomic mass is 35.5. The number of halogens is 1. The number of rotatable bonds is 5. The number of amides is 1. The third-order valence-electron chi connectivity index (χ3n) is 4.53. The predicted molar refractivity (Wildman–Crippen MR) is 115 cm³/mol. The van der Waals surface area contributed by atoms with E-state index in [4.69, 9.17) is 11.6 Å². The van der Waals surface area contributed by atoms with Gasteiger partial charge in [0, 0.05) is 16.3 Å². The Morgan fingerprint density at radius 1 is 1.10 bits per heavy atom. The summed E-state index contributed by atoms with van der Waals surface area (Å²) in [5.74, 6) is -0.331. The molecule has 8 heteroatoms. The van der Waals surface area contributed by atoms with Crippen molar-refractivity contribution in [1.29, 1.82) is 0 Å². The van der Waals surface area contributed by atoms with Crippen molar-refractivity contribution in [3.8, 4) is 5.69 Å². The number of carbonyl (C=O) groups excluding carboxylic acids is 1. The van der Waals surface area contributed by atoms with E-state index in [2.05, 4.69) is 20.6 Å². The minimum atomic E-state index is -0.331. The summed E-state index contributed by atoms with van der Waals surface area (Å²) in [5, 5.41) is 12.3. The van der Waals surface area contributed by atoms with Crippen molar-refractivity contribution < 1.29 is 4.79 Å². The molecule has 6 nitrogen and oxygen atoms in total. The highest BCUT2D eigenvalue weighted by Gasteiger charge is 2.19. The van der Waals surface area contributed by atoms with E-state index in [1.54, 1.807) is 4.68 Å². The van der Waals surface area contributed by atoms with Gasteiger partial charge >= 0.3 is 0 Å². The van der Waals surface area contributed by atoms with Gasteiger partial charge in [-0.25, -0.2) is 9.67 Å². The molecule has 1 amide bonds. The minimum absolute atomic E-state index is 0.273. The molecule has 0 unspecified atom stereocenters. The molecule has 4 aromatic rings. The van der Waals surface area contributed by atoms with Gasteiger partial charge < -0.3 is 0 Å². The fourth-order valence-corrected chi connectivity index (χ4v) is 4.15. The zero-order valence-electron chi connectivity index (χ0n) is 15.9. The molecule has 0 bridgehead atoms. The minimum Gasteiger partial charge on any atom is -0.296 e. The van der Waals surface area contributed by atoms with Crippen LogP contribution in [0.4, 0.5) is 5.13 Å². The number of carbonyl (C=O) groups is 1. The number of hydrogen-bond donors (Lipinski definition) is 1. The molecule has 0 spiro atoms. The zero-order chi connectivity index (χ0) is 20.4. The van der Waals surface area contributed by atoms with Crippen LogP contribution in [0, 0.1) is 13.8 Å². The molecule has 0 aliphatic rings. The average Bonchev–Trinajstić information content (AvgIpc) is 3.26. The molecular formula is C21H18ClN5OS. The van der Waals surface area contributed by atoms with Crippen molar-refractivity contribution >= 4 is 34.0 Å². The number of benzene rings is 2. The van der Waals surface area contributed by atoms with Crippen LogP contribution in [0.1, 0.15) is 32.3 Å². The second-order valence-corrected chi connectivity index (χ2v) is 8.01. The van der Waals surface area contributed by atoms with Gasteiger partial charge in [-0.05, 0) is 37.6 Å². The van der Waals surface area contributed by atoms with Crippen LogP contribution in [0.5, 0.6) is 0 Å². The van der Waals surface area contributed by atoms with Crippen molar-refractivity contribution in [1.82, 2.24) is 20.0 Å². The van der Waals surface area contributed by atoms with Crippen LogP contribution in [-0.4, -0.2) is 25.9 Å². The quantitative estimate of drug-likeness (QED) is 0.498. The van der Waals surface area contributed by atoms with E-state index in [9.17, 15) is 4.79 Å². The van der Waals surface area contributed by atoms with Crippen molar-refractivity contribution in [2.75, 3.05) is 5.32 Å². The van der Waals surface area contributed by atoms with E-state index >= 15 is 0 Å². The van der Waals surface area contributed by atoms with Gasteiger partial charge in [0.1, 0.15) is 0 Å². The Balaban J connectivity index is 1.53. The van der Waals surface area contributed by atoms with Crippen LogP contribution in [0.3, 0.4) is 0 Å². The lowest BCUT2D eigenvalue weighted by Gasteiger charge is -2.03. The Kier molecular flexibility index (Phi) is 5.42. The normalized spacial score (nSPS) is 10.9. The highest BCUT2D eigenvalue weighted by Crippen LogP contribution is 2.28. The van der Waals surface area contributed by atoms with Crippen LogP contribution in [0.2, 0.25) is 5.02 Å². The molecule has 0 saturated heterocycles. The average molecular weight is 424 g/mol. The first-order chi connectivity index (χ1) is 14.0. The summed E-state index contributed by atoms with van der Waals surface area (Å²) in [6, 6.07) is 17.3. The molecule has 4 rings (SSSR count). The fourth-order valence-electron chi connectivity index (χ4n) is 2.97. The molecule has 0 aliphatic heterocycles. The molecule has 29 heavy (non-hydrogen) atoms. The predicted octanol–water partition coefficient (Wildman–Crippen LogP) is 4.84. The molecule has 0 fully saturated rings. The van der Waals surface area contributed by atoms with Crippen LogP contribution in [-0.2, 0) is 6.42 Å². The number of hydrogen-bond acceptors (Lipinski definition) is 5. The standard InChI is InChI=1S/C21H18ClN5OS/c1-13-18(12-15-8-6-7-11-17(15)22)29-21(23-13)24-20(28)19-14(2)27(26-25-19)16-9-4-3-5-10-16/h3-11H,12H2,1-2H3,(H,23,24,28). The summed E-state index contributed by atoms with van der Waals surface area (Å²) in [7, 11) is 0. The molecule has 2 aromatic heterocycles. The highest BCUT2D eigenvalue weighted by molar-refractivity contribution is 7.15. The first-order valence-electron chi connectivity index (χ1n) is 9.01. The zero-order valence-corrected chi connectivity index (χ0v) is 17.5. The smallest absolute Gasteiger partial charge is 0.279 e. The topological polar surface area (TPSA) is 72.7 Å². The Morgan fingerprint density at radius 2 is 1.83 bits per heavy atom. The number of anilines is 1. The molecule has 0 atom stereocenters. The Hall–Kier alpha value is -3.03. The third kappa shape index (κ3) is 4.06. The van der Waals surface area contributed by atoms with E-state index < -0.39 is 0 Å². The monoisotopic (exact) mass is 423 g/mol. The first-order valence-corrected chi connectivity index (χ1v) is 10.2. The molecule has 0 saturated carbocycles. The number of aromatic nitrogens is 4. The van der Waals surface area contributed by atoms with Crippen LogP contribution in [0.25, 0.3) is 5.69 Å². The summed E-state index contributed by atoms with van der Waals surface area (Å²) in [6.07, 6.45) is 0.669. The van der Waals surface area contributed by atoms with Gasteiger partial charge in [-0.2, -0.15) is 0 Å². The second-order valence-electron chi connectivity index (χ2n) is 6.52.